The van der Waals surface area contributed by atoms with Crippen LogP contribution in [-0.4, -0.2) is 64.3 Å². The summed E-state index contributed by atoms with van der Waals surface area (Å²) < 4.78 is 62.2. The number of allylic oxidation sites excluding steroid dienone is 3. The van der Waals surface area contributed by atoms with E-state index in [0.29, 0.717) is 25.5 Å². The Labute approximate surface area is 246 Å². The second-order valence-electron chi connectivity index (χ2n) is 11.6. The summed E-state index contributed by atoms with van der Waals surface area (Å²) in [6.07, 6.45) is -1.03. The van der Waals surface area contributed by atoms with Gasteiger partial charge in [-0.2, -0.15) is 0 Å². The number of hydrogen-bond acceptors (Lipinski definition) is 7. The third kappa shape index (κ3) is 5.41. The van der Waals surface area contributed by atoms with Crippen molar-refractivity contribution in [1.82, 2.24) is 14.8 Å². The maximum absolute atomic E-state index is 14.4. The molecule has 2 N–H and O–H groups in total. The molecule has 1 amide bonds. The van der Waals surface area contributed by atoms with E-state index in [9.17, 15) is 27.9 Å². The highest BCUT2D eigenvalue weighted by molar-refractivity contribution is 5.94. The fourth-order valence-corrected chi connectivity index (χ4v) is 6.50. The molecule has 1 aromatic carbocycles. The number of ether oxygens (including phenoxy) is 3. The molecule has 1 aromatic heterocycles. The average molecular weight is 602 g/mol. The van der Waals surface area contributed by atoms with Gasteiger partial charge in [0.15, 0.2) is 18.3 Å². The van der Waals surface area contributed by atoms with E-state index in [2.05, 4.69) is 5.32 Å². The van der Waals surface area contributed by atoms with E-state index in [0.717, 1.165) is 5.56 Å². The van der Waals surface area contributed by atoms with E-state index < -0.39 is 71.9 Å². The molecule has 4 heterocycles. The molecule has 3 aliphatic heterocycles. The summed E-state index contributed by atoms with van der Waals surface area (Å²) in [6.45, 7) is 3.85. The fraction of sp³-hybridized carbons (Fsp3) is 0.484. The van der Waals surface area contributed by atoms with Gasteiger partial charge in [0.2, 0.25) is 5.43 Å². The summed E-state index contributed by atoms with van der Waals surface area (Å²) >= 11 is 0. The van der Waals surface area contributed by atoms with Gasteiger partial charge < -0.3 is 29.2 Å². The van der Waals surface area contributed by atoms with E-state index >= 15 is 0 Å². The van der Waals surface area contributed by atoms with Gasteiger partial charge in [-0.25, -0.2) is 13.2 Å². The van der Waals surface area contributed by atoms with Crippen LogP contribution < -0.4 is 15.5 Å². The lowest BCUT2D eigenvalue weighted by Gasteiger charge is -2.45. The monoisotopic (exact) mass is 601 g/mol. The summed E-state index contributed by atoms with van der Waals surface area (Å²) in [5, 5.41) is 14.0. The van der Waals surface area contributed by atoms with Gasteiger partial charge in [0.25, 0.3) is 5.91 Å². The number of halogens is 3. The van der Waals surface area contributed by atoms with Gasteiger partial charge in [0, 0.05) is 43.4 Å². The van der Waals surface area contributed by atoms with Crippen LogP contribution in [0.1, 0.15) is 67.0 Å². The number of alkyl halides is 1. The standard InChI is InChI=1S/C31H34F3N3O6/c1-17-8-9-31(16-42-18(2)43-31)25-14-36(17)30(40)26-28(41-15-19-6-4-3-5-7-19)27(38)22(13-37(25)26)29(39)35-12-21-23(33)10-20(32)11-24(21)34/h3-7,10,13,17-18,24-25,30,40H,8-9,11-12,14-16H2,1-2H3,(H,35,39)/t17-,18?,24?,25?,30?,31-/m0/s1. The number of carbonyl (C=O) groups excluding carboxylic acids is 1. The molecule has 2 aromatic rings. The van der Waals surface area contributed by atoms with Crippen molar-refractivity contribution in [3.63, 3.8) is 0 Å². The third-order valence-corrected chi connectivity index (χ3v) is 8.88. The van der Waals surface area contributed by atoms with Crippen LogP contribution in [0.15, 0.2) is 64.6 Å². The summed E-state index contributed by atoms with van der Waals surface area (Å²) in [5.74, 6) is -3.13. The molecule has 2 saturated heterocycles. The minimum atomic E-state index is -1.95. The van der Waals surface area contributed by atoms with Crippen molar-refractivity contribution < 1.29 is 37.3 Å². The molecule has 43 heavy (non-hydrogen) atoms. The minimum Gasteiger partial charge on any atom is -0.483 e. The van der Waals surface area contributed by atoms with Crippen LogP contribution in [0, 0.1) is 0 Å². The molecule has 0 radical (unpaired) electrons. The van der Waals surface area contributed by atoms with Crippen molar-refractivity contribution in [2.75, 3.05) is 19.7 Å². The molecular formula is C31H34F3N3O6. The molecule has 5 unspecified atom stereocenters. The normalized spacial score (nSPS) is 31.8. The van der Waals surface area contributed by atoms with Crippen LogP contribution in [0.2, 0.25) is 0 Å². The number of amides is 1. The first-order valence-corrected chi connectivity index (χ1v) is 14.4. The number of aliphatic hydroxyl groups is 1. The number of carbonyl (C=O) groups is 1. The van der Waals surface area contributed by atoms with E-state index in [4.69, 9.17) is 14.2 Å². The summed E-state index contributed by atoms with van der Waals surface area (Å²) in [4.78, 5) is 29.3. The summed E-state index contributed by atoms with van der Waals surface area (Å²) in [6, 6.07) is 8.60. The number of aromatic nitrogens is 1. The van der Waals surface area contributed by atoms with E-state index in [1.54, 1.807) is 11.5 Å². The quantitative estimate of drug-likeness (QED) is 0.514. The fourth-order valence-electron chi connectivity index (χ4n) is 6.50. The highest BCUT2D eigenvalue weighted by atomic mass is 19.2. The largest absolute Gasteiger partial charge is 0.483 e. The molecule has 2 fully saturated rings. The number of benzene rings is 1. The molecule has 1 spiro atoms. The molecule has 2 bridgehead atoms. The zero-order valence-corrected chi connectivity index (χ0v) is 23.9. The predicted molar refractivity (Wildman–Crippen MR) is 149 cm³/mol. The van der Waals surface area contributed by atoms with Crippen molar-refractivity contribution in [2.24, 2.45) is 0 Å². The van der Waals surface area contributed by atoms with Crippen molar-refractivity contribution in [3.8, 4) is 5.75 Å². The Morgan fingerprint density at radius 2 is 2.00 bits per heavy atom. The van der Waals surface area contributed by atoms with E-state index in [1.807, 2.05) is 42.2 Å². The Hall–Kier alpha value is -3.45. The van der Waals surface area contributed by atoms with Gasteiger partial charge >= 0.3 is 0 Å². The first kappa shape index (κ1) is 29.6. The number of nitrogens with zero attached hydrogens (tertiary/aromatic N) is 2. The Kier molecular flexibility index (Phi) is 7.97. The van der Waals surface area contributed by atoms with Gasteiger partial charge in [-0.1, -0.05) is 30.3 Å². The van der Waals surface area contributed by atoms with Crippen molar-refractivity contribution >= 4 is 5.91 Å². The zero-order chi connectivity index (χ0) is 30.5. The Balaban J connectivity index is 1.44. The number of rotatable bonds is 6. The van der Waals surface area contributed by atoms with Crippen LogP contribution >= 0.6 is 0 Å². The lowest BCUT2D eigenvalue weighted by molar-refractivity contribution is -0.113. The van der Waals surface area contributed by atoms with Crippen LogP contribution in [0.4, 0.5) is 13.2 Å². The lowest BCUT2D eigenvalue weighted by Crippen LogP contribution is -2.52. The number of fused-ring (bicyclic) bond motifs is 5. The molecule has 4 aliphatic rings. The molecule has 6 rings (SSSR count). The first-order valence-electron chi connectivity index (χ1n) is 14.4. The predicted octanol–water partition coefficient (Wildman–Crippen LogP) is 4.14. The Bertz CT molecular complexity index is 1530. The van der Waals surface area contributed by atoms with Gasteiger partial charge in [-0.3, -0.25) is 14.5 Å². The highest BCUT2D eigenvalue weighted by Crippen LogP contribution is 2.48. The maximum atomic E-state index is 14.4. The van der Waals surface area contributed by atoms with Crippen LogP contribution in [0.25, 0.3) is 0 Å². The maximum Gasteiger partial charge on any atom is 0.257 e. The molecule has 230 valence electrons. The Morgan fingerprint density at radius 1 is 1.23 bits per heavy atom. The second kappa shape index (κ2) is 11.6. The molecule has 12 heteroatoms. The third-order valence-electron chi connectivity index (χ3n) is 8.88. The second-order valence-corrected chi connectivity index (χ2v) is 11.6. The van der Waals surface area contributed by atoms with Gasteiger partial charge in [-0.15, -0.1) is 0 Å². The van der Waals surface area contributed by atoms with Gasteiger partial charge in [-0.05, 0) is 32.3 Å². The summed E-state index contributed by atoms with van der Waals surface area (Å²) in [5.41, 5.74) is -1.38. The first-order chi connectivity index (χ1) is 20.6. The average Bonchev–Trinajstić information content (AvgIpc) is 3.30. The zero-order valence-electron chi connectivity index (χ0n) is 23.9. The minimum absolute atomic E-state index is 0.0115. The number of hydrogen-bond donors (Lipinski definition) is 2. The number of pyridine rings is 1. The molecule has 9 nitrogen and oxygen atoms in total. The smallest absolute Gasteiger partial charge is 0.257 e. The highest BCUT2D eigenvalue weighted by Gasteiger charge is 2.54. The van der Waals surface area contributed by atoms with Gasteiger partial charge in [0.05, 0.1) is 12.6 Å². The lowest BCUT2D eigenvalue weighted by atomic mass is 9.88. The molecule has 0 saturated carbocycles. The van der Waals surface area contributed by atoms with Crippen molar-refractivity contribution in [2.45, 2.75) is 76.1 Å². The van der Waals surface area contributed by atoms with Gasteiger partial charge in [0.1, 0.15) is 41.3 Å². The summed E-state index contributed by atoms with van der Waals surface area (Å²) in [7, 11) is 0. The van der Waals surface area contributed by atoms with Crippen LogP contribution in [0.3, 0.4) is 0 Å². The topological polar surface area (TPSA) is 102 Å². The van der Waals surface area contributed by atoms with E-state index in [1.165, 1.54) is 6.20 Å². The number of aliphatic hydroxyl groups excluding tert-OH is 1. The van der Waals surface area contributed by atoms with Crippen LogP contribution in [-0.2, 0) is 16.1 Å². The number of nitrogens with one attached hydrogen (secondary N) is 1. The molecule has 1 aliphatic carbocycles. The molecule has 7 atom stereocenters. The van der Waals surface area contributed by atoms with E-state index in [-0.39, 0.29) is 36.3 Å². The molecular weight excluding hydrogens is 567 g/mol. The Morgan fingerprint density at radius 3 is 2.70 bits per heavy atom. The van der Waals surface area contributed by atoms with Crippen LogP contribution in [0.5, 0.6) is 5.75 Å². The van der Waals surface area contributed by atoms with Crippen molar-refractivity contribution in [1.29, 1.82) is 0 Å². The van der Waals surface area contributed by atoms with Crippen molar-refractivity contribution in [3.05, 3.63) is 86.9 Å². The SMILES string of the molecule is CC1OC[C@]2(CC[C@H](C)N3CC2n2cc(C(=O)NCC4=C(F)C=C(F)CC4F)c(=O)c(OCc4ccccc4)c2C3O)O1.